The van der Waals surface area contributed by atoms with Gasteiger partial charge < -0.3 is 14.7 Å². The van der Waals surface area contributed by atoms with Gasteiger partial charge in [-0.25, -0.2) is 4.39 Å². The van der Waals surface area contributed by atoms with E-state index in [9.17, 15) is 9.50 Å². The second-order valence-electron chi connectivity index (χ2n) is 6.85. The van der Waals surface area contributed by atoms with Crippen molar-refractivity contribution >= 4 is 0 Å². The molecule has 0 saturated carbocycles. The third-order valence-electron chi connectivity index (χ3n) is 5.02. The number of rotatable bonds is 6. The summed E-state index contributed by atoms with van der Waals surface area (Å²) in [6.45, 7) is 6.30. The Morgan fingerprint density at radius 3 is 2.50 bits per heavy atom. The number of benzene rings is 1. The number of alkyl halides is 1. The second kappa shape index (κ2) is 8.25. The highest BCUT2D eigenvalue weighted by atomic mass is 19.1. The summed E-state index contributed by atoms with van der Waals surface area (Å²) in [4.78, 5) is 7.08. The molecule has 1 N–H and O–H groups in total. The minimum atomic E-state index is -0.471. The van der Waals surface area contributed by atoms with Crippen molar-refractivity contribution in [3.8, 4) is 5.75 Å². The van der Waals surface area contributed by atoms with Crippen molar-refractivity contribution in [1.82, 2.24) is 14.7 Å². The van der Waals surface area contributed by atoms with Crippen LogP contribution in [0.15, 0.2) is 24.3 Å². The largest absolute Gasteiger partial charge is 0.491 e. The number of halogens is 1. The van der Waals surface area contributed by atoms with Crippen molar-refractivity contribution in [1.29, 1.82) is 0 Å². The van der Waals surface area contributed by atoms with Crippen LogP contribution in [0.5, 0.6) is 5.75 Å². The fraction of sp³-hybridized carbons (Fsp3) is 0.667. The molecule has 2 heterocycles. The van der Waals surface area contributed by atoms with Crippen LogP contribution in [0.3, 0.4) is 0 Å². The van der Waals surface area contributed by atoms with E-state index in [1.807, 2.05) is 24.3 Å². The fourth-order valence-corrected chi connectivity index (χ4v) is 3.59. The predicted molar refractivity (Wildman–Crippen MR) is 92.1 cm³/mol. The fourth-order valence-electron chi connectivity index (χ4n) is 3.59. The minimum Gasteiger partial charge on any atom is -0.491 e. The molecular weight excluding hydrogens is 309 g/mol. The van der Waals surface area contributed by atoms with Crippen molar-refractivity contribution in [3.63, 3.8) is 0 Å². The van der Waals surface area contributed by atoms with E-state index in [4.69, 9.17) is 4.74 Å². The molecule has 5 nitrogen and oxygen atoms in total. The molecule has 0 aromatic heterocycles. The third kappa shape index (κ3) is 4.45. The number of aliphatic hydroxyl groups excluding tert-OH is 1. The number of hydrogen-bond donors (Lipinski definition) is 1. The van der Waals surface area contributed by atoms with Gasteiger partial charge in [-0.15, -0.1) is 0 Å². The Hall–Kier alpha value is -1.21. The Balaban J connectivity index is 1.51. The van der Waals surface area contributed by atoms with Crippen molar-refractivity contribution < 1.29 is 14.2 Å². The van der Waals surface area contributed by atoms with Crippen molar-refractivity contribution in [2.24, 2.45) is 0 Å². The number of likely N-dealkylation sites (N-methyl/N-ethyl adjacent to an activating group) is 1. The van der Waals surface area contributed by atoms with Crippen LogP contribution >= 0.6 is 0 Å². The maximum absolute atomic E-state index is 12.1. The smallest absolute Gasteiger partial charge is 0.123 e. The first kappa shape index (κ1) is 17.6. The Morgan fingerprint density at radius 1 is 1.12 bits per heavy atom. The van der Waals surface area contributed by atoms with Gasteiger partial charge in [0.2, 0.25) is 0 Å². The van der Waals surface area contributed by atoms with E-state index in [0.717, 1.165) is 45.8 Å². The average Bonchev–Trinajstić information content (AvgIpc) is 2.95. The first-order valence-corrected chi connectivity index (χ1v) is 8.76. The molecule has 24 heavy (non-hydrogen) atoms. The number of nitrogens with zero attached hydrogens (tertiary/aromatic N) is 3. The topological polar surface area (TPSA) is 39.2 Å². The number of piperazine rings is 1. The monoisotopic (exact) mass is 337 g/mol. The number of hydrogen-bond acceptors (Lipinski definition) is 5. The van der Waals surface area contributed by atoms with E-state index >= 15 is 0 Å². The first-order chi connectivity index (χ1) is 11.7. The molecule has 0 amide bonds. The van der Waals surface area contributed by atoms with Gasteiger partial charge in [-0.05, 0) is 24.7 Å². The lowest BCUT2D eigenvalue weighted by atomic mass is 10.1. The minimum absolute atomic E-state index is 0.102. The molecule has 2 atom stereocenters. The Kier molecular flexibility index (Phi) is 6.05. The van der Waals surface area contributed by atoms with Gasteiger partial charge in [0.15, 0.2) is 0 Å². The lowest BCUT2D eigenvalue weighted by Crippen LogP contribution is -2.52. The quantitative estimate of drug-likeness (QED) is 0.832. The van der Waals surface area contributed by atoms with Crippen LogP contribution in [0.1, 0.15) is 5.56 Å². The Morgan fingerprint density at radius 2 is 1.83 bits per heavy atom. The van der Waals surface area contributed by atoms with Gasteiger partial charge in [-0.1, -0.05) is 12.1 Å². The number of β-amino-alcohol motifs (C(OH)–C–C–N with tert-alkyl or cyclic N) is 1. The molecule has 3 rings (SSSR count). The molecule has 134 valence electrons. The lowest BCUT2D eigenvalue weighted by molar-refractivity contribution is 0.0512. The lowest BCUT2D eigenvalue weighted by Gasteiger charge is -2.37. The first-order valence-electron chi connectivity index (χ1n) is 8.76. The Labute approximate surface area is 143 Å². The van der Waals surface area contributed by atoms with Gasteiger partial charge >= 0.3 is 0 Å². The zero-order chi connectivity index (χ0) is 16.9. The number of aliphatic hydroxyl groups is 1. The molecule has 0 radical (unpaired) electrons. The molecule has 0 aliphatic carbocycles. The normalized spacial score (nSPS) is 26.8. The van der Waals surface area contributed by atoms with Crippen LogP contribution in [0.25, 0.3) is 0 Å². The van der Waals surface area contributed by atoms with Crippen LogP contribution in [0, 0.1) is 0 Å². The second-order valence-corrected chi connectivity index (χ2v) is 6.85. The van der Waals surface area contributed by atoms with Gasteiger partial charge in [0.25, 0.3) is 0 Å². The van der Waals surface area contributed by atoms with Crippen LogP contribution in [-0.4, -0.2) is 91.5 Å². The summed E-state index contributed by atoms with van der Waals surface area (Å²) in [5, 5.41) is 10.4. The summed E-state index contributed by atoms with van der Waals surface area (Å²) in [5.41, 5.74) is 1.19. The van der Waals surface area contributed by atoms with Crippen molar-refractivity contribution in [2.45, 2.75) is 18.7 Å². The molecule has 1 aromatic rings. The molecule has 2 fully saturated rings. The summed E-state index contributed by atoms with van der Waals surface area (Å²) in [6.07, 6.45) is -0.277. The summed E-state index contributed by atoms with van der Waals surface area (Å²) in [5.74, 6) is 0.702. The average molecular weight is 337 g/mol. The zero-order valence-electron chi connectivity index (χ0n) is 14.4. The highest BCUT2D eigenvalue weighted by Crippen LogP contribution is 2.21. The molecule has 2 saturated heterocycles. The van der Waals surface area contributed by atoms with E-state index in [2.05, 4.69) is 21.7 Å². The van der Waals surface area contributed by atoms with Crippen LogP contribution in [0.2, 0.25) is 0 Å². The molecular formula is C18H28FN3O2. The van der Waals surface area contributed by atoms with E-state index in [0.29, 0.717) is 5.75 Å². The molecule has 0 spiro atoms. The Bertz CT molecular complexity index is 505. The molecule has 2 aliphatic heterocycles. The van der Waals surface area contributed by atoms with Gasteiger partial charge in [0, 0.05) is 51.9 Å². The summed E-state index contributed by atoms with van der Waals surface area (Å²) in [6, 6.07) is 8.04. The van der Waals surface area contributed by atoms with Crippen LogP contribution < -0.4 is 4.74 Å². The summed E-state index contributed by atoms with van der Waals surface area (Å²) < 4.78 is 17.4. The molecule has 0 bridgehead atoms. The molecule has 1 unspecified atom stereocenters. The van der Waals surface area contributed by atoms with Crippen molar-refractivity contribution in [3.05, 3.63) is 29.8 Å². The molecule has 2 aliphatic rings. The van der Waals surface area contributed by atoms with E-state index in [-0.39, 0.29) is 18.8 Å². The standard InChI is InChI=1S/C18H28FN3O2/c1-20-7-9-22(10-8-20)17-13-21(14-18(17)23)12-15-2-4-16(5-3-15)24-11-6-19/h2-5,17-18,23H,6-14H2,1H3/t17?,18-/m0/s1. The van der Waals surface area contributed by atoms with Gasteiger partial charge in [0.05, 0.1) is 6.10 Å². The summed E-state index contributed by atoms with van der Waals surface area (Å²) in [7, 11) is 2.15. The predicted octanol–water partition coefficient (Wildman–Crippen LogP) is 0.827. The van der Waals surface area contributed by atoms with Crippen LogP contribution in [-0.2, 0) is 6.54 Å². The van der Waals surface area contributed by atoms with Gasteiger partial charge in [0.1, 0.15) is 19.0 Å². The van der Waals surface area contributed by atoms with Crippen LogP contribution in [0.4, 0.5) is 4.39 Å². The molecule has 6 heteroatoms. The number of ether oxygens (including phenoxy) is 1. The maximum Gasteiger partial charge on any atom is 0.123 e. The SMILES string of the molecule is CN1CCN(C2CN(Cc3ccc(OCCF)cc3)C[C@@H]2O)CC1. The highest BCUT2D eigenvalue weighted by Gasteiger charge is 2.36. The van der Waals surface area contributed by atoms with Crippen molar-refractivity contribution in [2.75, 3.05) is 59.6 Å². The van der Waals surface area contributed by atoms with Gasteiger partial charge in [-0.2, -0.15) is 0 Å². The van der Waals surface area contributed by atoms with E-state index in [1.54, 1.807) is 0 Å². The zero-order valence-corrected chi connectivity index (χ0v) is 14.4. The third-order valence-corrected chi connectivity index (χ3v) is 5.02. The molecule has 1 aromatic carbocycles. The maximum atomic E-state index is 12.1. The summed E-state index contributed by atoms with van der Waals surface area (Å²) >= 11 is 0. The highest BCUT2D eigenvalue weighted by molar-refractivity contribution is 5.27. The van der Waals surface area contributed by atoms with E-state index in [1.165, 1.54) is 5.56 Å². The van der Waals surface area contributed by atoms with E-state index < -0.39 is 6.67 Å². The van der Waals surface area contributed by atoms with Gasteiger partial charge in [-0.3, -0.25) is 9.80 Å². The number of likely N-dealkylation sites (tertiary alicyclic amines) is 1.